The van der Waals surface area contributed by atoms with Crippen molar-refractivity contribution in [3.8, 4) is 0 Å². The molecule has 1 nitrogen and oxygen atoms in total. The molecule has 0 N–H and O–H groups in total. The highest BCUT2D eigenvalue weighted by atomic mass is 16.1. The molecule has 9 heavy (non-hydrogen) atoms. The van der Waals surface area contributed by atoms with E-state index < -0.39 is 0 Å². The SMILES string of the molecule is CC(C)CC1CC(=O)C1. The van der Waals surface area contributed by atoms with Gasteiger partial charge < -0.3 is 0 Å². The summed E-state index contributed by atoms with van der Waals surface area (Å²) in [5, 5.41) is 0. The first-order chi connectivity index (χ1) is 4.18. The third-order valence-electron chi connectivity index (χ3n) is 1.84. The van der Waals surface area contributed by atoms with E-state index in [1.165, 1.54) is 6.42 Å². The Balaban J connectivity index is 2.11. The van der Waals surface area contributed by atoms with Gasteiger partial charge in [0, 0.05) is 12.8 Å². The summed E-state index contributed by atoms with van der Waals surface area (Å²) < 4.78 is 0. The average molecular weight is 126 g/mol. The van der Waals surface area contributed by atoms with Crippen molar-refractivity contribution in [3.63, 3.8) is 0 Å². The van der Waals surface area contributed by atoms with Gasteiger partial charge in [-0.3, -0.25) is 4.79 Å². The predicted molar refractivity (Wildman–Crippen MR) is 37.2 cm³/mol. The summed E-state index contributed by atoms with van der Waals surface area (Å²) in [4.78, 5) is 10.5. The monoisotopic (exact) mass is 126 g/mol. The van der Waals surface area contributed by atoms with Gasteiger partial charge in [0.25, 0.3) is 0 Å². The number of carbonyl (C=O) groups is 1. The minimum Gasteiger partial charge on any atom is -0.300 e. The summed E-state index contributed by atoms with van der Waals surface area (Å²) in [6.07, 6.45) is 2.96. The Kier molecular flexibility index (Phi) is 1.89. The van der Waals surface area contributed by atoms with Crippen LogP contribution in [0.1, 0.15) is 33.1 Å². The zero-order valence-electron chi connectivity index (χ0n) is 6.18. The molecule has 0 atom stereocenters. The van der Waals surface area contributed by atoms with E-state index >= 15 is 0 Å². The van der Waals surface area contributed by atoms with Gasteiger partial charge in [-0.1, -0.05) is 13.8 Å². The lowest BCUT2D eigenvalue weighted by atomic mass is 9.79. The third-order valence-corrected chi connectivity index (χ3v) is 1.84. The topological polar surface area (TPSA) is 17.1 Å². The average Bonchev–Trinajstić information content (AvgIpc) is 1.60. The van der Waals surface area contributed by atoms with Gasteiger partial charge >= 0.3 is 0 Å². The van der Waals surface area contributed by atoms with Crippen LogP contribution in [0.2, 0.25) is 0 Å². The zero-order chi connectivity index (χ0) is 6.85. The highest BCUT2D eigenvalue weighted by Crippen LogP contribution is 2.28. The Morgan fingerprint density at radius 1 is 1.56 bits per heavy atom. The second-order valence-corrected chi connectivity index (χ2v) is 3.44. The maximum atomic E-state index is 10.5. The van der Waals surface area contributed by atoms with Crippen molar-refractivity contribution >= 4 is 5.78 Å². The Hall–Kier alpha value is -0.330. The van der Waals surface area contributed by atoms with Crippen LogP contribution >= 0.6 is 0 Å². The Morgan fingerprint density at radius 3 is 2.44 bits per heavy atom. The quantitative estimate of drug-likeness (QED) is 0.553. The smallest absolute Gasteiger partial charge is 0.133 e. The molecule has 0 aliphatic heterocycles. The molecule has 0 aromatic carbocycles. The maximum absolute atomic E-state index is 10.5. The van der Waals surface area contributed by atoms with Crippen LogP contribution in [0.4, 0.5) is 0 Å². The van der Waals surface area contributed by atoms with Gasteiger partial charge in [0.2, 0.25) is 0 Å². The van der Waals surface area contributed by atoms with E-state index in [9.17, 15) is 4.79 Å². The summed E-state index contributed by atoms with van der Waals surface area (Å²) in [5.74, 6) is 1.96. The van der Waals surface area contributed by atoms with Gasteiger partial charge in [0.15, 0.2) is 0 Å². The second-order valence-electron chi connectivity index (χ2n) is 3.44. The fraction of sp³-hybridized carbons (Fsp3) is 0.875. The molecular weight excluding hydrogens is 112 g/mol. The van der Waals surface area contributed by atoms with E-state index in [-0.39, 0.29) is 0 Å². The first-order valence-corrected chi connectivity index (χ1v) is 3.70. The Labute approximate surface area is 56.4 Å². The molecule has 1 fully saturated rings. The Bertz CT molecular complexity index is 108. The minimum atomic E-state index is 0.459. The van der Waals surface area contributed by atoms with E-state index in [4.69, 9.17) is 0 Å². The largest absolute Gasteiger partial charge is 0.300 e. The number of rotatable bonds is 2. The Morgan fingerprint density at radius 2 is 2.11 bits per heavy atom. The highest BCUT2D eigenvalue weighted by molar-refractivity contribution is 5.84. The molecular formula is C8H14O. The summed E-state index contributed by atoms with van der Waals surface area (Å²) in [6.45, 7) is 4.42. The van der Waals surface area contributed by atoms with Crippen molar-refractivity contribution in [2.24, 2.45) is 11.8 Å². The number of carbonyl (C=O) groups excluding carboxylic acids is 1. The van der Waals surface area contributed by atoms with E-state index in [2.05, 4.69) is 13.8 Å². The summed E-state index contributed by atoms with van der Waals surface area (Å²) >= 11 is 0. The van der Waals surface area contributed by atoms with Gasteiger partial charge in [-0.2, -0.15) is 0 Å². The van der Waals surface area contributed by atoms with Crippen LogP contribution in [-0.2, 0) is 4.79 Å². The van der Waals surface area contributed by atoms with Crippen LogP contribution in [0.25, 0.3) is 0 Å². The lowest BCUT2D eigenvalue weighted by Crippen LogP contribution is -2.24. The van der Waals surface area contributed by atoms with E-state index in [1.807, 2.05) is 0 Å². The maximum Gasteiger partial charge on any atom is 0.133 e. The molecule has 0 heterocycles. The van der Waals surface area contributed by atoms with Gasteiger partial charge in [-0.05, 0) is 18.3 Å². The van der Waals surface area contributed by atoms with Gasteiger partial charge in [-0.25, -0.2) is 0 Å². The normalized spacial score (nSPS) is 20.6. The number of hydrogen-bond acceptors (Lipinski definition) is 1. The van der Waals surface area contributed by atoms with Crippen LogP contribution in [0.3, 0.4) is 0 Å². The van der Waals surface area contributed by atoms with Gasteiger partial charge in [-0.15, -0.1) is 0 Å². The molecule has 0 aromatic rings. The van der Waals surface area contributed by atoms with Crippen LogP contribution in [-0.4, -0.2) is 5.78 Å². The minimum absolute atomic E-state index is 0.459. The molecule has 1 aliphatic carbocycles. The molecule has 0 saturated heterocycles. The molecule has 52 valence electrons. The summed E-state index contributed by atoms with van der Waals surface area (Å²) in [7, 11) is 0. The first-order valence-electron chi connectivity index (χ1n) is 3.70. The number of Topliss-reactive ketones (excluding diaryl/α,β-unsaturated/α-hetero) is 1. The summed E-state index contributed by atoms with van der Waals surface area (Å²) in [6, 6.07) is 0. The number of ketones is 1. The van der Waals surface area contributed by atoms with E-state index in [0.29, 0.717) is 5.78 Å². The molecule has 1 saturated carbocycles. The van der Waals surface area contributed by atoms with Crippen LogP contribution < -0.4 is 0 Å². The fourth-order valence-electron chi connectivity index (χ4n) is 1.42. The molecule has 0 aromatic heterocycles. The molecule has 0 bridgehead atoms. The molecule has 1 heteroatoms. The standard InChI is InChI=1S/C8H14O/c1-6(2)3-7-4-8(9)5-7/h6-7H,3-5H2,1-2H3. The molecule has 0 unspecified atom stereocenters. The lowest BCUT2D eigenvalue weighted by molar-refractivity contribution is -0.127. The van der Waals surface area contributed by atoms with Gasteiger partial charge in [0.05, 0.1) is 0 Å². The molecule has 1 rings (SSSR count). The van der Waals surface area contributed by atoms with Crippen LogP contribution in [0.15, 0.2) is 0 Å². The van der Waals surface area contributed by atoms with Crippen molar-refractivity contribution in [1.29, 1.82) is 0 Å². The zero-order valence-corrected chi connectivity index (χ0v) is 6.18. The molecule has 0 spiro atoms. The number of hydrogen-bond donors (Lipinski definition) is 0. The molecule has 1 aliphatic rings. The predicted octanol–water partition coefficient (Wildman–Crippen LogP) is 2.01. The van der Waals surface area contributed by atoms with Crippen LogP contribution in [0, 0.1) is 11.8 Å². The van der Waals surface area contributed by atoms with Crippen molar-refractivity contribution < 1.29 is 4.79 Å². The lowest BCUT2D eigenvalue weighted by Gasteiger charge is -2.25. The summed E-state index contributed by atoms with van der Waals surface area (Å²) in [5.41, 5.74) is 0. The molecule has 0 radical (unpaired) electrons. The van der Waals surface area contributed by atoms with Crippen LogP contribution in [0.5, 0.6) is 0 Å². The van der Waals surface area contributed by atoms with Crippen molar-refractivity contribution in [2.75, 3.05) is 0 Å². The van der Waals surface area contributed by atoms with Gasteiger partial charge in [0.1, 0.15) is 5.78 Å². The highest BCUT2D eigenvalue weighted by Gasteiger charge is 2.26. The van der Waals surface area contributed by atoms with Crippen molar-refractivity contribution in [2.45, 2.75) is 33.1 Å². The first kappa shape index (κ1) is 6.79. The van der Waals surface area contributed by atoms with Crippen molar-refractivity contribution in [3.05, 3.63) is 0 Å². The van der Waals surface area contributed by atoms with E-state index in [1.54, 1.807) is 0 Å². The van der Waals surface area contributed by atoms with E-state index in [0.717, 1.165) is 24.7 Å². The third kappa shape index (κ3) is 1.81. The fourth-order valence-corrected chi connectivity index (χ4v) is 1.42. The van der Waals surface area contributed by atoms with Crippen molar-refractivity contribution in [1.82, 2.24) is 0 Å². The molecule has 0 amide bonds. The second kappa shape index (κ2) is 2.51.